The van der Waals surface area contributed by atoms with Crippen LogP contribution in [0.1, 0.15) is 37.4 Å². The standard InChI is InChI=1S/C22H36N6O4/c1-15(28(17-6-7-17)22(29)19-13-24-11-12-32-19)20(23)18-8-5-16(14-30-2)27-21(18)25-9-4-10-26-31-3/h5,8,15,17,19,23-24,26H,4,6-7,9-14H2,1-3H3,(H,25,27)/t15-,19-/m1/s1. The lowest BCUT2D eigenvalue weighted by Crippen LogP contribution is -2.54. The van der Waals surface area contributed by atoms with Gasteiger partial charge in [-0.1, -0.05) is 0 Å². The second-order valence-corrected chi connectivity index (χ2v) is 8.14. The number of methoxy groups -OCH3 is 1. The summed E-state index contributed by atoms with van der Waals surface area (Å²) in [6, 6.07) is 3.55. The second kappa shape index (κ2) is 12.2. The van der Waals surface area contributed by atoms with Gasteiger partial charge in [0.1, 0.15) is 11.9 Å². The van der Waals surface area contributed by atoms with Gasteiger partial charge in [0.05, 0.1) is 37.8 Å². The number of carbonyl (C=O) groups is 1. The van der Waals surface area contributed by atoms with Crippen molar-refractivity contribution in [1.29, 1.82) is 5.41 Å². The van der Waals surface area contributed by atoms with Crippen LogP contribution in [0.4, 0.5) is 5.82 Å². The number of nitrogens with zero attached hydrogens (tertiary/aromatic N) is 2. The largest absolute Gasteiger partial charge is 0.378 e. The number of pyridine rings is 1. The minimum Gasteiger partial charge on any atom is -0.378 e. The van der Waals surface area contributed by atoms with Crippen molar-refractivity contribution in [3.05, 3.63) is 23.4 Å². The van der Waals surface area contributed by atoms with Crippen molar-refractivity contribution >= 4 is 17.4 Å². The first kappa shape index (κ1) is 24.5. The van der Waals surface area contributed by atoms with Crippen molar-refractivity contribution in [2.45, 2.75) is 51.0 Å². The normalized spacial score (nSPS) is 19.4. The third-order valence-corrected chi connectivity index (χ3v) is 5.66. The van der Waals surface area contributed by atoms with Crippen LogP contribution in [0.2, 0.25) is 0 Å². The minimum absolute atomic E-state index is 0.0407. The molecule has 0 unspecified atom stereocenters. The van der Waals surface area contributed by atoms with Gasteiger partial charge >= 0.3 is 0 Å². The molecule has 10 heteroatoms. The third kappa shape index (κ3) is 6.46. The number of hydroxylamine groups is 1. The molecule has 3 rings (SSSR count). The molecule has 1 aromatic rings. The lowest BCUT2D eigenvalue weighted by atomic mass is 10.0. The molecule has 0 aromatic carbocycles. The highest BCUT2D eigenvalue weighted by atomic mass is 16.6. The van der Waals surface area contributed by atoms with E-state index < -0.39 is 6.10 Å². The molecular weight excluding hydrogens is 412 g/mol. The molecule has 1 aromatic heterocycles. The summed E-state index contributed by atoms with van der Waals surface area (Å²) in [7, 11) is 3.22. The first-order chi connectivity index (χ1) is 15.6. The van der Waals surface area contributed by atoms with Crippen LogP contribution in [0.5, 0.6) is 0 Å². The fourth-order valence-corrected chi connectivity index (χ4v) is 3.84. The Bertz CT molecular complexity index is 767. The summed E-state index contributed by atoms with van der Waals surface area (Å²) in [5, 5.41) is 15.5. The zero-order valence-corrected chi connectivity index (χ0v) is 19.3. The van der Waals surface area contributed by atoms with Crippen LogP contribution in [-0.2, 0) is 25.7 Å². The van der Waals surface area contributed by atoms with Crippen LogP contribution in [0.3, 0.4) is 0 Å². The molecule has 2 heterocycles. The van der Waals surface area contributed by atoms with Gasteiger partial charge in [-0.15, -0.1) is 0 Å². The van der Waals surface area contributed by atoms with Crippen molar-refractivity contribution in [2.24, 2.45) is 0 Å². The average Bonchev–Trinajstić information content (AvgIpc) is 3.64. The van der Waals surface area contributed by atoms with E-state index in [0.29, 0.717) is 49.9 Å². The minimum atomic E-state index is -0.493. The first-order valence-electron chi connectivity index (χ1n) is 11.3. The molecule has 0 spiro atoms. The Morgan fingerprint density at radius 2 is 2.19 bits per heavy atom. The molecule has 4 N–H and O–H groups in total. The number of aromatic nitrogens is 1. The van der Waals surface area contributed by atoms with Gasteiger partial charge in [0.2, 0.25) is 0 Å². The summed E-state index contributed by atoms with van der Waals surface area (Å²) in [5.41, 5.74) is 4.66. The van der Waals surface area contributed by atoms with Gasteiger partial charge in [0.15, 0.2) is 0 Å². The maximum absolute atomic E-state index is 13.3. The Balaban J connectivity index is 1.76. The van der Waals surface area contributed by atoms with Crippen LogP contribution in [-0.4, -0.2) is 86.7 Å². The van der Waals surface area contributed by atoms with Crippen LogP contribution in [0, 0.1) is 5.41 Å². The summed E-state index contributed by atoms with van der Waals surface area (Å²) < 4.78 is 10.9. The van der Waals surface area contributed by atoms with Crippen LogP contribution < -0.4 is 16.1 Å². The van der Waals surface area contributed by atoms with E-state index in [0.717, 1.165) is 31.5 Å². The molecule has 1 saturated heterocycles. The van der Waals surface area contributed by atoms with Gasteiger partial charge in [-0.2, -0.15) is 0 Å². The van der Waals surface area contributed by atoms with Crippen molar-refractivity contribution in [2.75, 3.05) is 52.3 Å². The third-order valence-electron chi connectivity index (χ3n) is 5.66. The van der Waals surface area contributed by atoms with E-state index in [4.69, 9.17) is 19.7 Å². The highest BCUT2D eigenvalue weighted by Gasteiger charge is 2.41. The molecule has 2 atom stereocenters. The second-order valence-electron chi connectivity index (χ2n) is 8.14. The maximum Gasteiger partial charge on any atom is 0.253 e. The van der Waals surface area contributed by atoms with Crippen molar-refractivity contribution in [3.8, 4) is 0 Å². The van der Waals surface area contributed by atoms with Gasteiger partial charge in [-0.05, 0) is 38.3 Å². The molecule has 0 radical (unpaired) electrons. The highest BCUT2D eigenvalue weighted by Crippen LogP contribution is 2.31. The van der Waals surface area contributed by atoms with E-state index in [1.54, 1.807) is 14.2 Å². The van der Waals surface area contributed by atoms with E-state index in [9.17, 15) is 4.79 Å². The van der Waals surface area contributed by atoms with Crippen molar-refractivity contribution < 1.29 is 19.1 Å². The zero-order valence-electron chi connectivity index (χ0n) is 19.3. The fourth-order valence-electron chi connectivity index (χ4n) is 3.84. The maximum atomic E-state index is 13.3. The zero-order chi connectivity index (χ0) is 22.9. The molecule has 1 aliphatic carbocycles. The van der Waals surface area contributed by atoms with E-state index in [1.807, 2.05) is 24.0 Å². The Kier molecular flexibility index (Phi) is 9.36. The molecule has 178 valence electrons. The Morgan fingerprint density at radius 1 is 1.38 bits per heavy atom. The van der Waals surface area contributed by atoms with E-state index in [1.165, 1.54) is 0 Å². The number of amides is 1. The number of rotatable bonds is 13. The number of hydrogen-bond donors (Lipinski definition) is 4. The van der Waals surface area contributed by atoms with Gasteiger partial charge in [-0.25, -0.2) is 10.5 Å². The van der Waals surface area contributed by atoms with E-state index in [-0.39, 0.29) is 18.0 Å². The first-order valence-corrected chi connectivity index (χ1v) is 11.3. The molecule has 1 aliphatic heterocycles. The van der Waals surface area contributed by atoms with Crippen molar-refractivity contribution in [3.63, 3.8) is 0 Å². The summed E-state index contributed by atoms with van der Waals surface area (Å²) in [5.74, 6) is 0.591. The smallest absolute Gasteiger partial charge is 0.253 e. The number of nitrogens with one attached hydrogen (secondary N) is 4. The van der Waals surface area contributed by atoms with Gasteiger partial charge in [0.25, 0.3) is 5.91 Å². The monoisotopic (exact) mass is 448 g/mol. The Hall–Kier alpha value is -2.11. The number of carbonyl (C=O) groups excluding carboxylic acids is 1. The van der Waals surface area contributed by atoms with Gasteiger partial charge < -0.3 is 35.3 Å². The van der Waals surface area contributed by atoms with Crippen LogP contribution in [0.25, 0.3) is 0 Å². The predicted octanol–water partition coefficient (Wildman–Crippen LogP) is 0.917. The molecule has 2 fully saturated rings. The fraction of sp³-hybridized carbons (Fsp3) is 0.682. The lowest BCUT2D eigenvalue weighted by Gasteiger charge is -2.34. The van der Waals surface area contributed by atoms with E-state index >= 15 is 0 Å². The molecular formula is C22H36N6O4. The molecule has 32 heavy (non-hydrogen) atoms. The molecule has 10 nitrogen and oxygen atoms in total. The summed E-state index contributed by atoms with van der Waals surface area (Å²) in [4.78, 5) is 24.6. The summed E-state index contributed by atoms with van der Waals surface area (Å²) in [6.07, 6.45) is 2.26. The predicted molar refractivity (Wildman–Crippen MR) is 122 cm³/mol. The number of hydrogen-bond acceptors (Lipinski definition) is 9. The summed E-state index contributed by atoms with van der Waals surface area (Å²) in [6.45, 7) is 5.47. The number of anilines is 1. The Labute approximate surface area is 189 Å². The highest BCUT2D eigenvalue weighted by molar-refractivity contribution is 6.07. The van der Waals surface area contributed by atoms with Crippen LogP contribution >= 0.6 is 0 Å². The topological polar surface area (TPSA) is 121 Å². The van der Waals surface area contributed by atoms with Crippen molar-refractivity contribution in [1.82, 2.24) is 20.7 Å². The Morgan fingerprint density at radius 3 is 2.84 bits per heavy atom. The van der Waals surface area contributed by atoms with Crippen LogP contribution in [0.15, 0.2) is 12.1 Å². The molecule has 1 saturated carbocycles. The summed E-state index contributed by atoms with van der Waals surface area (Å²) >= 11 is 0. The lowest BCUT2D eigenvalue weighted by molar-refractivity contribution is -0.146. The molecule has 2 aliphatic rings. The van der Waals surface area contributed by atoms with Gasteiger partial charge in [-0.3, -0.25) is 4.79 Å². The number of morpholine rings is 1. The SMILES string of the molecule is COCc1ccc(C(=N)[C@@H](C)N(C(=O)[C@H]2CNCCO2)C2CC2)c(NCCCNOC)n1. The van der Waals surface area contributed by atoms with Gasteiger partial charge in [0, 0.05) is 44.9 Å². The van der Waals surface area contributed by atoms with E-state index in [2.05, 4.69) is 21.1 Å². The quantitative estimate of drug-likeness (QED) is 0.200. The number of ether oxygens (including phenoxy) is 2. The average molecular weight is 449 g/mol. The molecule has 0 bridgehead atoms. The molecule has 1 amide bonds.